The van der Waals surface area contributed by atoms with Crippen molar-refractivity contribution in [1.29, 1.82) is 0 Å². The van der Waals surface area contributed by atoms with Crippen LogP contribution in [0.5, 0.6) is 0 Å². The average molecular weight is 447 g/mol. The van der Waals surface area contributed by atoms with Gasteiger partial charge in [0.1, 0.15) is 0 Å². The van der Waals surface area contributed by atoms with Crippen molar-refractivity contribution in [2.75, 3.05) is 20.2 Å². The number of hydroxylamine groups is 2. The fraction of sp³-hybridized carbons (Fsp3) is 0.889. The summed E-state index contributed by atoms with van der Waals surface area (Å²) in [6, 6.07) is 0. The van der Waals surface area contributed by atoms with Gasteiger partial charge in [-0.05, 0) is 98.2 Å². The van der Waals surface area contributed by atoms with E-state index in [1.54, 1.807) is 12.7 Å². The van der Waals surface area contributed by atoms with Crippen LogP contribution in [0.4, 0.5) is 0 Å². The standard InChI is InChI=1S/C27H46N2O3/c1-18(5-10-25(31)29(32-4)16-15-28)22-8-9-23-21-7-6-19-17-20(30)11-13-26(19,2)24(21)12-14-27(22,23)3/h6,18,20-24,30H,5,7-17,28H2,1-4H3/t18?,20-,21-,22+,23-,24-,26-,27+/m0/s1. The number of aliphatic hydroxyl groups is 1. The zero-order valence-corrected chi connectivity index (χ0v) is 20.8. The monoisotopic (exact) mass is 446 g/mol. The number of allylic oxidation sites excluding steroid dienone is 1. The molecule has 0 aromatic heterocycles. The zero-order chi connectivity index (χ0) is 23.1. The van der Waals surface area contributed by atoms with Gasteiger partial charge in [0, 0.05) is 13.0 Å². The lowest BCUT2D eigenvalue weighted by Crippen LogP contribution is -2.50. The summed E-state index contributed by atoms with van der Waals surface area (Å²) in [5, 5.41) is 11.7. The summed E-state index contributed by atoms with van der Waals surface area (Å²) in [5.41, 5.74) is 7.88. The summed E-state index contributed by atoms with van der Waals surface area (Å²) in [4.78, 5) is 17.8. The van der Waals surface area contributed by atoms with Gasteiger partial charge in [0.2, 0.25) is 5.91 Å². The number of carbonyl (C=O) groups excluding carboxylic acids is 1. The minimum Gasteiger partial charge on any atom is -0.393 e. The number of carbonyl (C=O) groups is 1. The first-order chi connectivity index (χ1) is 15.2. The third kappa shape index (κ3) is 4.07. The summed E-state index contributed by atoms with van der Waals surface area (Å²) in [5.74, 6) is 3.71. The Balaban J connectivity index is 1.43. The van der Waals surface area contributed by atoms with Crippen molar-refractivity contribution < 1.29 is 14.7 Å². The molecule has 32 heavy (non-hydrogen) atoms. The van der Waals surface area contributed by atoms with Crippen molar-refractivity contribution in [3.05, 3.63) is 11.6 Å². The fourth-order valence-electron chi connectivity index (χ4n) is 8.73. The number of nitrogens with two attached hydrogens (primary N) is 1. The van der Waals surface area contributed by atoms with Gasteiger partial charge in [-0.3, -0.25) is 9.63 Å². The van der Waals surface area contributed by atoms with Crippen LogP contribution >= 0.6 is 0 Å². The minimum atomic E-state index is -0.127. The molecule has 1 unspecified atom stereocenters. The molecule has 0 radical (unpaired) electrons. The van der Waals surface area contributed by atoms with Crippen molar-refractivity contribution in [3.8, 4) is 0 Å². The van der Waals surface area contributed by atoms with E-state index in [-0.39, 0.29) is 12.0 Å². The Morgan fingerprint density at radius 1 is 1.25 bits per heavy atom. The Kier molecular flexibility index (Phi) is 7.10. The second-order valence-corrected chi connectivity index (χ2v) is 11.9. The highest BCUT2D eigenvalue weighted by Crippen LogP contribution is 2.67. The van der Waals surface area contributed by atoms with Crippen molar-refractivity contribution in [2.24, 2.45) is 46.2 Å². The van der Waals surface area contributed by atoms with Gasteiger partial charge in [-0.2, -0.15) is 0 Å². The average Bonchev–Trinajstić information content (AvgIpc) is 3.13. The number of hydrogen-bond donors (Lipinski definition) is 2. The van der Waals surface area contributed by atoms with Crippen LogP contribution in [0.3, 0.4) is 0 Å². The molecule has 3 fully saturated rings. The first kappa shape index (κ1) is 24.2. The summed E-state index contributed by atoms with van der Waals surface area (Å²) < 4.78 is 0. The fourth-order valence-corrected chi connectivity index (χ4v) is 8.73. The van der Waals surface area contributed by atoms with E-state index in [9.17, 15) is 9.90 Å². The van der Waals surface area contributed by atoms with E-state index < -0.39 is 0 Å². The SMILES string of the molecule is CON(CCN)C(=O)CCC(C)[C@H]1CC[C@H]2[C@@H]3CC=C4C[C@@H](O)CC[C@]4(C)[C@H]3CC[C@]12C. The third-order valence-electron chi connectivity index (χ3n) is 10.5. The Hall–Kier alpha value is -0.910. The Labute approximate surface area is 195 Å². The molecule has 1 amide bonds. The number of nitrogens with zero attached hydrogens (tertiary/aromatic N) is 1. The van der Waals surface area contributed by atoms with Crippen molar-refractivity contribution in [3.63, 3.8) is 0 Å². The van der Waals surface area contributed by atoms with E-state index in [0.717, 1.165) is 43.4 Å². The maximum absolute atomic E-state index is 12.5. The highest BCUT2D eigenvalue weighted by Gasteiger charge is 2.59. The largest absolute Gasteiger partial charge is 0.393 e. The molecular weight excluding hydrogens is 400 g/mol. The van der Waals surface area contributed by atoms with Gasteiger partial charge in [0.15, 0.2) is 0 Å². The molecule has 8 atom stereocenters. The van der Waals surface area contributed by atoms with Gasteiger partial charge in [0.25, 0.3) is 0 Å². The quantitative estimate of drug-likeness (QED) is 0.439. The van der Waals surface area contributed by atoms with Crippen molar-refractivity contribution in [1.82, 2.24) is 5.06 Å². The number of amides is 1. The lowest BCUT2D eigenvalue weighted by molar-refractivity contribution is -0.175. The number of aliphatic hydroxyl groups excluding tert-OH is 1. The van der Waals surface area contributed by atoms with E-state index in [1.807, 2.05) is 0 Å². The molecule has 0 saturated heterocycles. The minimum absolute atomic E-state index is 0.0607. The number of rotatable bonds is 7. The first-order valence-electron chi connectivity index (χ1n) is 13.2. The molecule has 0 spiro atoms. The van der Waals surface area contributed by atoms with E-state index in [4.69, 9.17) is 10.6 Å². The van der Waals surface area contributed by atoms with E-state index in [0.29, 0.717) is 42.2 Å². The molecule has 3 saturated carbocycles. The summed E-state index contributed by atoms with van der Waals surface area (Å²) >= 11 is 0. The maximum atomic E-state index is 12.5. The molecule has 5 nitrogen and oxygen atoms in total. The summed E-state index contributed by atoms with van der Waals surface area (Å²) in [7, 11) is 1.55. The van der Waals surface area contributed by atoms with Crippen LogP contribution < -0.4 is 5.73 Å². The molecule has 0 aliphatic heterocycles. The van der Waals surface area contributed by atoms with Crippen LogP contribution in [0, 0.1) is 40.4 Å². The molecule has 182 valence electrons. The molecule has 5 heteroatoms. The van der Waals surface area contributed by atoms with Gasteiger partial charge in [-0.15, -0.1) is 0 Å². The lowest BCUT2D eigenvalue weighted by Gasteiger charge is -2.58. The normalized spacial score (nSPS) is 41.8. The van der Waals surface area contributed by atoms with Gasteiger partial charge in [0.05, 0.1) is 19.8 Å². The Bertz CT molecular complexity index is 724. The second-order valence-electron chi connectivity index (χ2n) is 11.9. The van der Waals surface area contributed by atoms with Crippen LogP contribution in [-0.2, 0) is 9.63 Å². The van der Waals surface area contributed by atoms with Gasteiger partial charge in [-0.1, -0.05) is 32.4 Å². The lowest BCUT2D eigenvalue weighted by atomic mass is 9.47. The van der Waals surface area contributed by atoms with E-state index in [2.05, 4.69) is 26.8 Å². The molecule has 0 bridgehead atoms. The molecule has 4 aliphatic rings. The predicted octanol–water partition coefficient (Wildman–Crippen LogP) is 4.69. The Morgan fingerprint density at radius 3 is 2.75 bits per heavy atom. The van der Waals surface area contributed by atoms with Crippen LogP contribution in [0.2, 0.25) is 0 Å². The molecule has 3 N–H and O–H groups in total. The molecule has 4 aliphatic carbocycles. The highest BCUT2D eigenvalue weighted by atomic mass is 16.7. The van der Waals surface area contributed by atoms with Crippen LogP contribution in [0.15, 0.2) is 11.6 Å². The predicted molar refractivity (Wildman–Crippen MR) is 127 cm³/mol. The molecule has 0 aromatic rings. The number of fused-ring (bicyclic) bond motifs is 5. The van der Waals surface area contributed by atoms with Crippen molar-refractivity contribution >= 4 is 5.91 Å². The smallest absolute Gasteiger partial charge is 0.246 e. The summed E-state index contributed by atoms with van der Waals surface area (Å²) in [6.45, 7) is 8.34. The topological polar surface area (TPSA) is 75.8 Å². The molecule has 0 aromatic carbocycles. The van der Waals surface area contributed by atoms with Crippen LogP contribution in [0.1, 0.15) is 85.0 Å². The summed E-state index contributed by atoms with van der Waals surface area (Å²) in [6.07, 6.45) is 13.4. The number of hydrogen-bond acceptors (Lipinski definition) is 4. The zero-order valence-electron chi connectivity index (χ0n) is 20.8. The van der Waals surface area contributed by atoms with Gasteiger partial charge < -0.3 is 10.8 Å². The highest BCUT2D eigenvalue weighted by molar-refractivity contribution is 5.75. The second kappa shape index (κ2) is 9.38. The van der Waals surface area contributed by atoms with E-state index >= 15 is 0 Å². The Morgan fingerprint density at radius 2 is 2.03 bits per heavy atom. The van der Waals surface area contributed by atoms with E-state index in [1.165, 1.54) is 37.2 Å². The van der Waals surface area contributed by atoms with Gasteiger partial charge >= 0.3 is 0 Å². The molecule has 0 heterocycles. The first-order valence-corrected chi connectivity index (χ1v) is 13.2. The maximum Gasteiger partial charge on any atom is 0.246 e. The van der Waals surface area contributed by atoms with Crippen LogP contribution in [0.25, 0.3) is 0 Å². The molecule has 4 rings (SSSR count). The third-order valence-corrected chi connectivity index (χ3v) is 10.5. The van der Waals surface area contributed by atoms with Gasteiger partial charge in [-0.25, -0.2) is 5.06 Å². The van der Waals surface area contributed by atoms with Crippen molar-refractivity contribution in [2.45, 2.75) is 91.1 Å². The molecular formula is C27H46N2O3. The van der Waals surface area contributed by atoms with Crippen LogP contribution in [-0.4, -0.2) is 42.4 Å².